The maximum Gasteiger partial charge on any atom is 0.112 e. The fourth-order valence-electron chi connectivity index (χ4n) is 4.37. The molecule has 1 aliphatic heterocycles. The van der Waals surface area contributed by atoms with Crippen LogP contribution in [0.5, 0.6) is 0 Å². The monoisotopic (exact) mass is 302 g/mol. The number of H-pyrrole nitrogens is 1. The number of hydrogen-bond donors (Lipinski definition) is 4. The molecule has 2 heterocycles. The molecule has 2 aromatic rings. The molecule has 1 aromatic carbocycles. The van der Waals surface area contributed by atoms with Crippen LogP contribution in [0.15, 0.2) is 24.4 Å². The molecule has 1 aliphatic carbocycles. The Kier molecular flexibility index (Phi) is 3.10. The number of piperidine rings is 1. The lowest BCUT2D eigenvalue weighted by molar-refractivity contribution is -0.143. The molecule has 1 fully saturated rings. The van der Waals surface area contributed by atoms with Gasteiger partial charge in [0.05, 0.1) is 5.60 Å². The molecule has 3 atom stereocenters. The van der Waals surface area contributed by atoms with Crippen LogP contribution in [-0.2, 0) is 16.8 Å². The Morgan fingerprint density at radius 3 is 3.05 bits per heavy atom. The number of fused-ring (bicyclic) bond motifs is 2. The lowest BCUT2D eigenvalue weighted by Crippen LogP contribution is -2.64. The molecule has 0 radical (unpaired) electrons. The molecule has 22 heavy (non-hydrogen) atoms. The van der Waals surface area contributed by atoms with Gasteiger partial charge in [0.25, 0.3) is 0 Å². The van der Waals surface area contributed by atoms with E-state index in [1.165, 1.54) is 10.9 Å². The number of aromatic nitrogens is 1. The number of methoxy groups -OCH3 is 1. The Labute approximate surface area is 129 Å². The number of hydrogen-bond acceptors (Lipinski definition) is 4. The van der Waals surface area contributed by atoms with Crippen molar-refractivity contribution in [3.63, 3.8) is 0 Å². The number of aliphatic hydroxyl groups excluding tert-OH is 1. The second kappa shape index (κ2) is 4.80. The molecule has 5 heteroatoms. The Balaban J connectivity index is 1.89. The van der Waals surface area contributed by atoms with Crippen LogP contribution >= 0.6 is 0 Å². The van der Waals surface area contributed by atoms with Gasteiger partial charge in [-0.15, -0.1) is 0 Å². The van der Waals surface area contributed by atoms with Gasteiger partial charge in [0.2, 0.25) is 0 Å². The minimum absolute atomic E-state index is 0.0255. The van der Waals surface area contributed by atoms with Crippen molar-refractivity contribution in [1.29, 1.82) is 0 Å². The Morgan fingerprint density at radius 1 is 1.41 bits per heavy atom. The molecule has 118 valence electrons. The van der Waals surface area contributed by atoms with E-state index in [1.807, 2.05) is 6.07 Å². The third-order valence-electron chi connectivity index (χ3n) is 5.44. The lowest BCUT2D eigenvalue weighted by Gasteiger charge is -2.52. The van der Waals surface area contributed by atoms with Crippen molar-refractivity contribution in [3.8, 4) is 0 Å². The van der Waals surface area contributed by atoms with E-state index in [1.54, 1.807) is 7.11 Å². The van der Waals surface area contributed by atoms with E-state index < -0.39 is 11.2 Å². The highest BCUT2D eigenvalue weighted by molar-refractivity contribution is 5.88. The first-order chi connectivity index (χ1) is 10.6. The zero-order chi connectivity index (χ0) is 15.4. The summed E-state index contributed by atoms with van der Waals surface area (Å²) >= 11 is 0. The number of aromatic amines is 1. The van der Waals surface area contributed by atoms with Crippen LogP contribution in [0.4, 0.5) is 0 Å². The summed E-state index contributed by atoms with van der Waals surface area (Å²) in [5.41, 5.74) is 2.03. The molecule has 0 amide bonds. The summed E-state index contributed by atoms with van der Waals surface area (Å²) in [6.07, 6.45) is 3.80. The first kappa shape index (κ1) is 14.2. The van der Waals surface area contributed by atoms with E-state index >= 15 is 0 Å². The van der Waals surface area contributed by atoms with E-state index in [2.05, 4.69) is 28.6 Å². The number of nitrogens with one attached hydrogen (secondary N) is 2. The van der Waals surface area contributed by atoms with Gasteiger partial charge in [-0.2, -0.15) is 0 Å². The van der Waals surface area contributed by atoms with Crippen molar-refractivity contribution < 1.29 is 14.9 Å². The molecule has 4 rings (SSSR count). The number of ether oxygens (including phenoxy) is 1. The first-order valence-corrected chi connectivity index (χ1v) is 7.83. The second-order valence-electron chi connectivity index (χ2n) is 6.65. The van der Waals surface area contributed by atoms with Crippen LogP contribution < -0.4 is 5.32 Å². The zero-order valence-electron chi connectivity index (χ0n) is 12.7. The van der Waals surface area contributed by atoms with Gasteiger partial charge < -0.3 is 25.3 Å². The third-order valence-corrected chi connectivity index (χ3v) is 5.44. The smallest absolute Gasteiger partial charge is 0.112 e. The Bertz CT molecular complexity index is 713. The molecule has 2 aliphatic rings. The average Bonchev–Trinajstić information content (AvgIpc) is 2.93. The predicted molar refractivity (Wildman–Crippen MR) is 83.8 cm³/mol. The highest BCUT2D eigenvalue weighted by atomic mass is 16.5. The molecule has 4 N–H and O–H groups in total. The van der Waals surface area contributed by atoms with Crippen LogP contribution in [0.3, 0.4) is 0 Å². The summed E-state index contributed by atoms with van der Waals surface area (Å²) < 4.78 is 6.02. The molecule has 5 nitrogen and oxygen atoms in total. The summed E-state index contributed by atoms with van der Waals surface area (Å²) in [4.78, 5) is 3.33. The Morgan fingerprint density at radius 2 is 2.27 bits per heavy atom. The van der Waals surface area contributed by atoms with Crippen molar-refractivity contribution in [3.05, 3.63) is 35.5 Å². The predicted octanol–water partition coefficient (Wildman–Crippen LogP) is 1.04. The van der Waals surface area contributed by atoms with Gasteiger partial charge in [0.15, 0.2) is 0 Å². The zero-order valence-corrected chi connectivity index (χ0v) is 12.7. The third kappa shape index (κ3) is 1.80. The van der Waals surface area contributed by atoms with Gasteiger partial charge in [0, 0.05) is 56.2 Å². The minimum atomic E-state index is -0.947. The highest BCUT2D eigenvalue weighted by Gasteiger charge is 2.53. The van der Waals surface area contributed by atoms with Crippen molar-refractivity contribution in [2.24, 2.45) is 0 Å². The van der Waals surface area contributed by atoms with E-state index in [9.17, 15) is 10.2 Å². The van der Waals surface area contributed by atoms with E-state index in [0.717, 1.165) is 17.5 Å². The fraction of sp³-hybridized carbons (Fsp3) is 0.529. The summed E-state index contributed by atoms with van der Waals surface area (Å²) in [7, 11) is 1.72. The van der Waals surface area contributed by atoms with Gasteiger partial charge in [-0.25, -0.2) is 0 Å². The fourth-order valence-corrected chi connectivity index (χ4v) is 4.37. The molecule has 1 aromatic heterocycles. The molecule has 1 saturated heterocycles. The summed E-state index contributed by atoms with van der Waals surface area (Å²) in [6, 6.07) is 6.33. The van der Waals surface area contributed by atoms with Crippen LogP contribution in [0, 0.1) is 0 Å². The van der Waals surface area contributed by atoms with E-state index in [4.69, 9.17) is 4.74 Å². The van der Waals surface area contributed by atoms with Crippen molar-refractivity contribution >= 4 is 10.9 Å². The lowest BCUT2D eigenvalue weighted by atomic mass is 9.67. The quantitative estimate of drug-likeness (QED) is 0.683. The minimum Gasteiger partial charge on any atom is -0.396 e. The first-order valence-electron chi connectivity index (χ1n) is 7.83. The SMILES string of the molecule is CO[C@]12C[C@](O)(CCO)CN[C@@H]1Cc1c[nH]c3cccc2c13. The standard InChI is InChI=1S/C17H22N2O3/c1-22-17-9-16(21,5-6-20)10-19-14(17)7-11-8-18-13-4-2-3-12(17)15(11)13/h2-4,8,14,18-21H,5-7,9-10H2,1H3/t14-,16-,17+/m1/s1. The summed E-state index contributed by atoms with van der Waals surface area (Å²) in [6.45, 7) is 0.460. The van der Waals surface area contributed by atoms with Crippen LogP contribution in [-0.4, -0.2) is 47.1 Å². The molecule has 0 unspecified atom stereocenters. The second-order valence-corrected chi connectivity index (χ2v) is 6.65. The molecule has 0 bridgehead atoms. The number of β-amino-alcohol motifs (C(OH)–C–C–N with tert-alkyl or cyclic N) is 1. The van der Waals surface area contributed by atoms with E-state index in [-0.39, 0.29) is 12.6 Å². The maximum absolute atomic E-state index is 10.9. The van der Waals surface area contributed by atoms with Gasteiger partial charge in [0.1, 0.15) is 5.60 Å². The largest absolute Gasteiger partial charge is 0.396 e. The van der Waals surface area contributed by atoms with Crippen LogP contribution in [0.2, 0.25) is 0 Å². The molecular formula is C17H22N2O3. The number of rotatable bonds is 3. The van der Waals surface area contributed by atoms with E-state index in [0.29, 0.717) is 19.4 Å². The number of aliphatic hydroxyl groups is 2. The molecule has 0 saturated carbocycles. The van der Waals surface area contributed by atoms with Gasteiger partial charge in [-0.05, 0) is 23.6 Å². The average molecular weight is 302 g/mol. The van der Waals surface area contributed by atoms with Crippen molar-refractivity contribution in [2.45, 2.75) is 36.5 Å². The van der Waals surface area contributed by atoms with Gasteiger partial charge in [-0.1, -0.05) is 12.1 Å². The molecule has 0 spiro atoms. The molecular weight excluding hydrogens is 280 g/mol. The Hall–Kier alpha value is -1.40. The van der Waals surface area contributed by atoms with Gasteiger partial charge in [-0.3, -0.25) is 0 Å². The highest BCUT2D eigenvalue weighted by Crippen LogP contribution is 2.48. The van der Waals surface area contributed by atoms with Crippen molar-refractivity contribution in [1.82, 2.24) is 10.3 Å². The van der Waals surface area contributed by atoms with Crippen LogP contribution in [0.25, 0.3) is 10.9 Å². The van der Waals surface area contributed by atoms with Crippen LogP contribution in [0.1, 0.15) is 24.0 Å². The topological polar surface area (TPSA) is 77.5 Å². The number of benzene rings is 1. The normalized spacial score (nSPS) is 33.9. The summed E-state index contributed by atoms with van der Waals surface area (Å²) in [5.74, 6) is 0. The summed E-state index contributed by atoms with van der Waals surface area (Å²) in [5, 5.41) is 24.8. The maximum atomic E-state index is 10.9. The van der Waals surface area contributed by atoms with Crippen molar-refractivity contribution in [2.75, 3.05) is 20.3 Å². The van der Waals surface area contributed by atoms with Gasteiger partial charge >= 0.3 is 0 Å².